The summed E-state index contributed by atoms with van der Waals surface area (Å²) >= 11 is 18.5. The number of aryl methyl sites for hydroxylation is 1. The number of halogens is 3. The number of sulfonamides is 1. The lowest BCUT2D eigenvalue weighted by Crippen LogP contribution is -2.54. The van der Waals surface area contributed by atoms with Crippen LogP contribution >= 0.6 is 34.8 Å². The molecule has 1 N–H and O–H groups in total. The molecule has 0 spiro atoms. The van der Waals surface area contributed by atoms with Gasteiger partial charge in [-0.05, 0) is 43.9 Å². The predicted octanol–water partition coefficient (Wildman–Crippen LogP) is 5.98. The Hall–Kier alpha value is -2.00. The van der Waals surface area contributed by atoms with Gasteiger partial charge in [0.25, 0.3) is 0 Å². The third-order valence-corrected chi connectivity index (χ3v) is 8.90. The van der Waals surface area contributed by atoms with E-state index in [-0.39, 0.29) is 39.2 Å². The van der Waals surface area contributed by atoms with E-state index in [0.29, 0.717) is 6.42 Å². The van der Waals surface area contributed by atoms with E-state index < -0.39 is 28.5 Å². The summed E-state index contributed by atoms with van der Waals surface area (Å²) in [5, 5.41) is 3.41. The summed E-state index contributed by atoms with van der Waals surface area (Å²) in [5.74, 6) is -0.776. The molecule has 7 nitrogen and oxygen atoms in total. The molecule has 0 bridgehead atoms. The molecule has 0 aromatic heterocycles. The van der Waals surface area contributed by atoms with Gasteiger partial charge in [0.15, 0.2) is 0 Å². The molecule has 1 atom stereocenters. The van der Waals surface area contributed by atoms with Crippen LogP contribution in [0.3, 0.4) is 0 Å². The molecule has 2 aromatic carbocycles. The highest BCUT2D eigenvalue weighted by atomic mass is 35.5. The van der Waals surface area contributed by atoms with Gasteiger partial charge in [0.2, 0.25) is 21.8 Å². The molecule has 1 fully saturated rings. The molecule has 11 heteroatoms. The van der Waals surface area contributed by atoms with Gasteiger partial charge in [-0.15, -0.1) is 0 Å². The van der Waals surface area contributed by atoms with Gasteiger partial charge in [-0.2, -0.15) is 0 Å². The first-order valence-electron chi connectivity index (χ1n) is 12.7. The summed E-state index contributed by atoms with van der Waals surface area (Å²) in [7, 11) is -3.95. The Bertz CT molecular complexity index is 1250. The van der Waals surface area contributed by atoms with Crippen LogP contribution in [0.4, 0.5) is 5.69 Å². The van der Waals surface area contributed by atoms with Crippen LogP contribution in [-0.2, 0) is 26.2 Å². The number of amides is 2. The number of carbonyl (C=O) groups excluding carboxylic acids is 2. The largest absolute Gasteiger partial charge is 0.352 e. The third-order valence-electron chi connectivity index (χ3n) is 6.75. The van der Waals surface area contributed by atoms with Gasteiger partial charge in [0, 0.05) is 12.6 Å². The van der Waals surface area contributed by atoms with Gasteiger partial charge >= 0.3 is 0 Å². The van der Waals surface area contributed by atoms with Crippen molar-refractivity contribution in [2.75, 3.05) is 17.1 Å². The fraction of sp³-hybridized carbons (Fsp3) is 0.481. The first-order valence-corrected chi connectivity index (χ1v) is 15.7. The normalized spacial score (nSPS) is 15.1. The monoisotopic (exact) mass is 601 g/mol. The van der Waals surface area contributed by atoms with E-state index in [1.807, 2.05) is 38.1 Å². The van der Waals surface area contributed by atoms with E-state index >= 15 is 0 Å². The van der Waals surface area contributed by atoms with E-state index in [2.05, 4.69) is 5.32 Å². The van der Waals surface area contributed by atoms with Crippen molar-refractivity contribution in [3.63, 3.8) is 0 Å². The van der Waals surface area contributed by atoms with Crippen molar-refractivity contribution in [1.82, 2.24) is 10.2 Å². The SMILES string of the molecule is CCC(C(=O)NC1CCCCC1)N(Cc1ccc(C)cc1)C(=O)CN(c1cc(Cl)c(Cl)cc1Cl)S(C)(=O)=O. The molecule has 0 saturated heterocycles. The van der Waals surface area contributed by atoms with Crippen molar-refractivity contribution in [2.24, 2.45) is 0 Å². The molecule has 1 unspecified atom stereocenters. The highest BCUT2D eigenvalue weighted by Gasteiger charge is 2.33. The van der Waals surface area contributed by atoms with Crippen LogP contribution < -0.4 is 9.62 Å². The van der Waals surface area contributed by atoms with Crippen molar-refractivity contribution in [3.05, 3.63) is 62.6 Å². The zero-order valence-corrected chi connectivity index (χ0v) is 24.9. The first kappa shape index (κ1) is 30.5. The number of carbonyl (C=O) groups is 2. The molecule has 1 aliphatic carbocycles. The average molecular weight is 603 g/mol. The number of hydrogen-bond acceptors (Lipinski definition) is 4. The molecule has 2 amide bonds. The Morgan fingerprint density at radius 3 is 2.18 bits per heavy atom. The Balaban J connectivity index is 1.95. The highest BCUT2D eigenvalue weighted by molar-refractivity contribution is 7.92. The van der Waals surface area contributed by atoms with Crippen LogP contribution in [0.5, 0.6) is 0 Å². The van der Waals surface area contributed by atoms with Gasteiger partial charge in [0.1, 0.15) is 12.6 Å². The number of anilines is 1. The lowest BCUT2D eigenvalue weighted by molar-refractivity contribution is -0.140. The van der Waals surface area contributed by atoms with Crippen molar-refractivity contribution < 1.29 is 18.0 Å². The number of benzene rings is 2. The average Bonchev–Trinajstić information content (AvgIpc) is 2.86. The highest BCUT2D eigenvalue weighted by Crippen LogP contribution is 2.35. The Kier molecular flexibility index (Phi) is 10.7. The number of nitrogens with zero attached hydrogens (tertiary/aromatic N) is 2. The Morgan fingerprint density at radius 1 is 1.00 bits per heavy atom. The molecular formula is C27H34Cl3N3O4S. The number of nitrogens with one attached hydrogen (secondary N) is 1. The second kappa shape index (κ2) is 13.4. The van der Waals surface area contributed by atoms with Crippen molar-refractivity contribution in [2.45, 2.75) is 71.0 Å². The molecule has 208 valence electrons. The molecule has 0 heterocycles. The quantitative estimate of drug-likeness (QED) is 0.339. The predicted molar refractivity (Wildman–Crippen MR) is 154 cm³/mol. The summed E-state index contributed by atoms with van der Waals surface area (Å²) in [6.45, 7) is 3.38. The van der Waals surface area contributed by atoms with Crippen molar-refractivity contribution in [3.8, 4) is 0 Å². The van der Waals surface area contributed by atoms with Crippen molar-refractivity contribution >= 4 is 62.3 Å². The van der Waals surface area contributed by atoms with Crippen LogP contribution in [-0.4, -0.2) is 50.0 Å². The summed E-state index contributed by atoms with van der Waals surface area (Å²) in [4.78, 5) is 28.7. The Labute approximate surface area is 240 Å². The van der Waals surface area contributed by atoms with E-state index in [4.69, 9.17) is 34.8 Å². The maximum absolute atomic E-state index is 13.8. The third kappa shape index (κ3) is 8.01. The van der Waals surface area contributed by atoms with Crippen LogP contribution in [0.1, 0.15) is 56.6 Å². The lowest BCUT2D eigenvalue weighted by atomic mass is 9.95. The van der Waals surface area contributed by atoms with Crippen LogP contribution in [0.15, 0.2) is 36.4 Å². The minimum Gasteiger partial charge on any atom is -0.352 e. The minimum atomic E-state index is -3.95. The molecule has 0 radical (unpaired) electrons. The van der Waals surface area contributed by atoms with Crippen molar-refractivity contribution in [1.29, 1.82) is 0 Å². The summed E-state index contributed by atoms with van der Waals surface area (Å²) in [6, 6.07) is 9.59. The van der Waals surface area contributed by atoms with Gasteiger partial charge in [-0.1, -0.05) is 90.8 Å². The second-order valence-corrected chi connectivity index (χ2v) is 12.9. The van der Waals surface area contributed by atoms with Gasteiger partial charge in [-0.25, -0.2) is 8.42 Å². The molecule has 0 aliphatic heterocycles. The number of hydrogen-bond donors (Lipinski definition) is 1. The smallest absolute Gasteiger partial charge is 0.244 e. The van der Waals surface area contributed by atoms with E-state index in [0.717, 1.165) is 53.8 Å². The van der Waals surface area contributed by atoms with Crippen LogP contribution in [0, 0.1) is 6.92 Å². The molecule has 2 aromatic rings. The summed E-state index contributed by atoms with van der Waals surface area (Å²) < 4.78 is 26.5. The van der Waals surface area contributed by atoms with Crippen LogP contribution in [0.2, 0.25) is 15.1 Å². The van der Waals surface area contributed by atoms with Gasteiger partial charge in [0.05, 0.1) is 27.0 Å². The van der Waals surface area contributed by atoms with E-state index in [1.165, 1.54) is 17.0 Å². The first-order chi connectivity index (χ1) is 17.9. The number of rotatable bonds is 10. The second-order valence-electron chi connectivity index (χ2n) is 9.76. The molecule has 1 saturated carbocycles. The van der Waals surface area contributed by atoms with E-state index in [9.17, 15) is 18.0 Å². The minimum absolute atomic E-state index is 0.0322. The fourth-order valence-corrected chi connectivity index (χ4v) is 6.20. The fourth-order valence-electron chi connectivity index (χ4n) is 4.65. The summed E-state index contributed by atoms with van der Waals surface area (Å²) in [6.07, 6.45) is 6.43. The standard InChI is InChI=1S/C27H34Cl3N3O4S/c1-4-24(27(35)31-20-8-6-5-7-9-20)32(16-19-12-10-18(2)11-13-19)26(34)17-33(38(3,36)37)25-15-22(29)21(28)14-23(25)30/h10-15,20,24H,4-9,16-17H2,1-3H3,(H,31,35). The maximum Gasteiger partial charge on any atom is 0.244 e. The van der Waals surface area contributed by atoms with Gasteiger partial charge in [-0.3, -0.25) is 13.9 Å². The topological polar surface area (TPSA) is 86.8 Å². The van der Waals surface area contributed by atoms with Crippen LogP contribution in [0.25, 0.3) is 0 Å². The molecule has 3 rings (SSSR count). The van der Waals surface area contributed by atoms with Gasteiger partial charge < -0.3 is 10.2 Å². The maximum atomic E-state index is 13.8. The lowest BCUT2D eigenvalue weighted by Gasteiger charge is -2.34. The molecule has 1 aliphatic rings. The molecular weight excluding hydrogens is 569 g/mol. The molecule has 38 heavy (non-hydrogen) atoms. The zero-order chi connectivity index (χ0) is 28.0. The van der Waals surface area contributed by atoms with E-state index in [1.54, 1.807) is 0 Å². The zero-order valence-electron chi connectivity index (χ0n) is 21.8. The Morgan fingerprint density at radius 2 is 1.61 bits per heavy atom. The summed E-state index contributed by atoms with van der Waals surface area (Å²) in [5.41, 5.74) is 1.92.